The van der Waals surface area contributed by atoms with Crippen LogP contribution in [0.1, 0.15) is 258 Å². The van der Waals surface area contributed by atoms with E-state index >= 15 is 0 Å². The molecule has 0 amide bonds. The van der Waals surface area contributed by atoms with Crippen LogP contribution >= 0.6 is 0 Å². The van der Waals surface area contributed by atoms with Crippen molar-refractivity contribution < 1.29 is 24.2 Å². The molecule has 0 aromatic carbocycles. The monoisotopic (exact) mass is 1150 g/mol. The van der Waals surface area contributed by atoms with Crippen LogP contribution in [0.3, 0.4) is 0 Å². The number of carbonyl (C=O) groups excluding carboxylic acids is 2. The van der Waals surface area contributed by atoms with Gasteiger partial charge in [-0.1, -0.05) is 304 Å². The average Bonchev–Trinajstić information content (AvgIpc) is 3.51. The van der Waals surface area contributed by atoms with Crippen LogP contribution in [0, 0.1) is 0 Å². The molecule has 5 nitrogen and oxygen atoms in total. The lowest BCUT2D eigenvalue weighted by molar-refractivity contribution is -0.161. The highest BCUT2D eigenvalue weighted by atomic mass is 16.6. The third-order valence-electron chi connectivity index (χ3n) is 13.6. The van der Waals surface area contributed by atoms with Gasteiger partial charge in [0, 0.05) is 12.8 Å². The van der Waals surface area contributed by atoms with Crippen molar-refractivity contribution >= 4 is 11.9 Å². The lowest BCUT2D eigenvalue weighted by atomic mass is 10.1. The molecular formula is C79H122O5. The predicted molar refractivity (Wildman–Crippen MR) is 370 cm³/mol. The Morgan fingerprint density at radius 2 is 0.476 bits per heavy atom. The minimum atomic E-state index is -0.797. The van der Waals surface area contributed by atoms with Gasteiger partial charge in [-0.25, -0.2) is 0 Å². The Balaban J connectivity index is 3.62. The van der Waals surface area contributed by atoms with Crippen LogP contribution in [0.4, 0.5) is 0 Å². The van der Waals surface area contributed by atoms with E-state index in [1.54, 1.807) is 0 Å². The quantitative estimate of drug-likeness (QED) is 0.0373. The Kier molecular flexibility index (Phi) is 67.0. The van der Waals surface area contributed by atoms with Gasteiger partial charge in [0.15, 0.2) is 6.10 Å². The van der Waals surface area contributed by atoms with E-state index in [0.717, 1.165) is 161 Å². The molecule has 5 heteroatoms. The van der Waals surface area contributed by atoms with E-state index < -0.39 is 6.10 Å². The van der Waals surface area contributed by atoms with E-state index in [1.165, 1.54) is 70.6 Å². The van der Waals surface area contributed by atoms with E-state index in [9.17, 15) is 14.7 Å². The van der Waals surface area contributed by atoms with Gasteiger partial charge in [-0.15, -0.1) is 0 Å². The minimum Gasteiger partial charge on any atom is -0.462 e. The van der Waals surface area contributed by atoms with Gasteiger partial charge < -0.3 is 14.6 Å². The Morgan fingerprint density at radius 1 is 0.274 bits per heavy atom. The Labute approximate surface area is 517 Å². The van der Waals surface area contributed by atoms with Crippen molar-refractivity contribution in [2.75, 3.05) is 13.2 Å². The molecule has 0 heterocycles. The highest BCUT2D eigenvalue weighted by Gasteiger charge is 2.16. The molecule has 0 fully saturated rings. The summed E-state index contributed by atoms with van der Waals surface area (Å²) in [5.41, 5.74) is 0. The van der Waals surface area contributed by atoms with E-state index in [2.05, 4.69) is 220 Å². The topological polar surface area (TPSA) is 72.8 Å². The number of rotatable bonds is 59. The van der Waals surface area contributed by atoms with Crippen LogP contribution in [0.2, 0.25) is 0 Å². The lowest BCUT2D eigenvalue weighted by Crippen LogP contribution is -2.28. The summed E-state index contributed by atoms with van der Waals surface area (Å²) >= 11 is 0. The van der Waals surface area contributed by atoms with Crippen molar-refractivity contribution in [2.45, 2.75) is 264 Å². The fraction of sp³-hybridized carbons (Fsp3) is 0.544. The van der Waals surface area contributed by atoms with Gasteiger partial charge in [0.05, 0.1) is 6.61 Å². The summed E-state index contributed by atoms with van der Waals surface area (Å²) in [6.07, 6.45) is 115. The molecule has 0 aromatic heterocycles. The minimum absolute atomic E-state index is 0.0859. The number of hydrogen-bond donors (Lipinski definition) is 1. The number of hydrogen-bond acceptors (Lipinski definition) is 5. The fourth-order valence-electron chi connectivity index (χ4n) is 8.62. The summed E-state index contributed by atoms with van der Waals surface area (Å²) in [5.74, 6) is -0.620. The maximum Gasteiger partial charge on any atom is 0.306 e. The van der Waals surface area contributed by atoms with Crippen molar-refractivity contribution in [3.05, 3.63) is 207 Å². The van der Waals surface area contributed by atoms with Crippen molar-refractivity contribution in [3.63, 3.8) is 0 Å². The molecule has 0 aliphatic heterocycles. The predicted octanol–water partition coefficient (Wildman–Crippen LogP) is 23.8. The number of aliphatic hydroxyl groups is 1. The zero-order chi connectivity index (χ0) is 60.5. The van der Waals surface area contributed by atoms with Crippen LogP contribution in [0.5, 0.6) is 0 Å². The largest absolute Gasteiger partial charge is 0.462 e. The van der Waals surface area contributed by atoms with E-state index in [0.29, 0.717) is 12.8 Å². The lowest BCUT2D eigenvalue weighted by Gasteiger charge is -2.15. The summed E-state index contributed by atoms with van der Waals surface area (Å²) < 4.78 is 10.7. The molecule has 1 N–H and O–H groups in total. The molecule has 0 rings (SSSR count). The molecule has 0 radical (unpaired) electrons. The van der Waals surface area contributed by atoms with Gasteiger partial charge in [-0.05, 0) is 148 Å². The van der Waals surface area contributed by atoms with Crippen LogP contribution in [-0.4, -0.2) is 36.4 Å². The number of carbonyl (C=O) groups is 2. The summed E-state index contributed by atoms with van der Waals surface area (Å²) in [7, 11) is 0. The first-order valence-corrected chi connectivity index (χ1v) is 33.6. The molecule has 1 unspecified atom stereocenters. The van der Waals surface area contributed by atoms with E-state index in [1.807, 2.05) is 0 Å². The van der Waals surface area contributed by atoms with Gasteiger partial charge in [0.25, 0.3) is 0 Å². The summed E-state index contributed by atoms with van der Waals surface area (Å²) in [5, 5.41) is 9.70. The van der Waals surface area contributed by atoms with Crippen molar-refractivity contribution in [3.8, 4) is 0 Å². The molecule has 0 saturated heterocycles. The second-order valence-corrected chi connectivity index (χ2v) is 21.4. The fourth-order valence-corrected chi connectivity index (χ4v) is 8.62. The molecule has 84 heavy (non-hydrogen) atoms. The molecule has 0 bridgehead atoms. The number of allylic oxidation sites excluding steroid dienone is 34. The standard InChI is InChI=1S/C79H122O5/c1-3-5-7-9-11-13-15-17-19-21-23-25-27-29-31-33-35-37-38-39-40-42-44-46-48-50-52-54-56-58-60-62-64-66-68-70-72-74-79(82)84-77(75-80)76-83-78(81)73-71-69-67-65-63-61-59-57-55-53-51-49-47-45-43-41-36-34-32-30-28-26-24-22-20-18-16-14-12-10-8-6-4-2/h5-8,11-14,17-20,23-26,29-32,35-37,39-41,44-47,50-53,77,80H,3-4,9-10,15-16,21-22,27-28,33-34,38,42-43,48-49,54-76H2,1-2H3/b7-5-,8-6-,13-11-,14-12-,19-17-,20-18-,25-23-,26-24-,31-29-,32-30-,37-35-,40-39-,41-36-,46-44-,47-45-,52-50-,53-51-. The Bertz CT molecular complexity index is 1980. The Morgan fingerprint density at radius 3 is 0.714 bits per heavy atom. The highest BCUT2D eigenvalue weighted by Crippen LogP contribution is 2.14. The van der Waals surface area contributed by atoms with Gasteiger partial charge in [-0.3, -0.25) is 9.59 Å². The van der Waals surface area contributed by atoms with E-state index in [4.69, 9.17) is 9.47 Å². The van der Waals surface area contributed by atoms with Crippen LogP contribution < -0.4 is 0 Å². The molecule has 0 aromatic rings. The molecule has 0 aliphatic carbocycles. The molecule has 0 aliphatic rings. The third kappa shape index (κ3) is 69.0. The molecular weight excluding hydrogens is 1030 g/mol. The molecule has 1 atom stereocenters. The van der Waals surface area contributed by atoms with Crippen molar-refractivity contribution in [1.29, 1.82) is 0 Å². The SMILES string of the molecule is CC/C=C\C/C=C\C/C=C\C/C=C\C/C=C\C/C=C\C/C=C\C/C=C\C/C=C\CCCCCCCCCCCC(=O)OC(CO)COC(=O)CCCCCCCCCC/C=C\C/C=C\C/C=C\C/C=C\C/C=C\C/C=C\C/C=C\C/C=C\CC. The third-order valence-corrected chi connectivity index (χ3v) is 13.6. The number of aliphatic hydroxyl groups excluding tert-OH is 1. The maximum atomic E-state index is 12.4. The van der Waals surface area contributed by atoms with Crippen molar-refractivity contribution in [1.82, 2.24) is 0 Å². The normalized spacial score (nSPS) is 13.6. The maximum absolute atomic E-state index is 12.4. The van der Waals surface area contributed by atoms with Crippen LogP contribution in [0.15, 0.2) is 207 Å². The molecule has 468 valence electrons. The molecule has 0 spiro atoms. The van der Waals surface area contributed by atoms with Crippen LogP contribution in [0.25, 0.3) is 0 Å². The summed E-state index contributed by atoms with van der Waals surface area (Å²) in [6, 6.07) is 0. The first-order valence-electron chi connectivity index (χ1n) is 33.6. The second kappa shape index (κ2) is 71.7. The number of esters is 2. The van der Waals surface area contributed by atoms with Gasteiger partial charge in [-0.2, -0.15) is 0 Å². The zero-order valence-corrected chi connectivity index (χ0v) is 53.6. The van der Waals surface area contributed by atoms with Gasteiger partial charge >= 0.3 is 11.9 Å². The zero-order valence-electron chi connectivity index (χ0n) is 53.6. The number of unbranched alkanes of at least 4 members (excludes halogenated alkanes) is 17. The first-order chi connectivity index (χ1) is 41.6. The summed E-state index contributed by atoms with van der Waals surface area (Å²) in [4.78, 5) is 24.6. The first kappa shape index (κ1) is 78.5. The van der Waals surface area contributed by atoms with Gasteiger partial charge in [0.1, 0.15) is 6.61 Å². The van der Waals surface area contributed by atoms with Gasteiger partial charge in [0.2, 0.25) is 0 Å². The molecule has 0 saturated carbocycles. The Hall–Kier alpha value is -5.52. The number of ether oxygens (including phenoxy) is 2. The smallest absolute Gasteiger partial charge is 0.306 e. The average molecular weight is 1150 g/mol. The second-order valence-electron chi connectivity index (χ2n) is 21.4. The highest BCUT2D eigenvalue weighted by molar-refractivity contribution is 5.70. The summed E-state index contributed by atoms with van der Waals surface area (Å²) in [6.45, 7) is 3.89. The van der Waals surface area contributed by atoms with E-state index in [-0.39, 0.29) is 25.2 Å². The van der Waals surface area contributed by atoms with Crippen LogP contribution in [-0.2, 0) is 19.1 Å². The van der Waals surface area contributed by atoms with Crippen molar-refractivity contribution in [2.24, 2.45) is 0 Å².